The van der Waals surface area contributed by atoms with Gasteiger partial charge in [-0.1, -0.05) is 0 Å². The van der Waals surface area contributed by atoms with Crippen LogP contribution in [0.1, 0.15) is 6.92 Å². The van der Waals surface area contributed by atoms with Crippen LogP contribution in [0, 0.1) is 15.5 Å². The van der Waals surface area contributed by atoms with Crippen LogP contribution in [0.3, 0.4) is 0 Å². The Morgan fingerprint density at radius 2 is 2.23 bits per heavy atom. The predicted molar refractivity (Wildman–Crippen MR) is 45.3 cm³/mol. The van der Waals surface area contributed by atoms with E-state index in [4.69, 9.17) is 5.41 Å². The summed E-state index contributed by atoms with van der Waals surface area (Å²) in [6, 6.07) is -1.00. The molecular formula is C7H10N2O4. The van der Waals surface area contributed by atoms with E-state index in [1.165, 1.54) is 6.92 Å². The van der Waals surface area contributed by atoms with Crippen molar-refractivity contribution in [3.63, 3.8) is 0 Å². The summed E-state index contributed by atoms with van der Waals surface area (Å²) in [5.74, 6) is -0.747. The molecule has 1 N–H and O–H groups in total. The van der Waals surface area contributed by atoms with Crippen molar-refractivity contribution in [1.82, 2.24) is 0 Å². The monoisotopic (exact) mass is 186 g/mol. The van der Waals surface area contributed by atoms with Crippen LogP contribution in [0.2, 0.25) is 0 Å². The van der Waals surface area contributed by atoms with Gasteiger partial charge < -0.3 is 10.1 Å². The summed E-state index contributed by atoms with van der Waals surface area (Å²) in [6.07, 6.45) is 1.80. The number of hydrogen-bond acceptors (Lipinski definition) is 5. The molecule has 6 heteroatoms. The largest absolute Gasteiger partial charge is 0.465 e. The van der Waals surface area contributed by atoms with Gasteiger partial charge in [0.1, 0.15) is 0 Å². The summed E-state index contributed by atoms with van der Waals surface area (Å²) in [6.45, 7) is 1.31. The fourth-order valence-electron chi connectivity index (χ4n) is 0.614. The Hall–Kier alpha value is -1.72. The highest BCUT2D eigenvalue weighted by molar-refractivity contribution is 6.08. The highest BCUT2D eigenvalue weighted by Gasteiger charge is 2.14. The van der Waals surface area contributed by atoms with Crippen LogP contribution >= 0.6 is 0 Å². The van der Waals surface area contributed by atoms with Gasteiger partial charge in [0.25, 0.3) is 0 Å². The molecule has 0 saturated heterocycles. The Morgan fingerprint density at radius 3 is 2.54 bits per heavy atom. The topological polar surface area (TPSA) is 93.3 Å². The summed E-state index contributed by atoms with van der Waals surface area (Å²) in [5, 5.41) is 17.0. The molecule has 0 aliphatic heterocycles. The maximum atomic E-state index is 10.8. The van der Waals surface area contributed by atoms with Crippen LogP contribution < -0.4 is 0 Å². The lowest BCUT2D eigenvalue weighted by atomic mass is 10.2. The molecular weight excluding hydrogens is 176 g/mol. The zero-order valence-corrected chi connectivity index (χ0v) is 7.31. The average Bonchev–Trinajstić information content (AvgIpc) is 2.12. The zero-order chi connectivity index (χ0) is 10.4. The number of nitrogens with one attached hydrogen (secondary N) is 1. The van der Waals surface area contributed by atoms with Crippen LogP contribution in [-0.2, 0) is 9.53 Å². The Kier molecular flexibility index (Phi) is 4.36. The maximum absolute atomic E-state index is 10.8. The Labute approximate surface area is 74.9 Å². The van der Waals surface area contributed by atoms with Crippen molar-refractivity contribution < 1.29 is 14.5 Å². The molecule has 0 heterocycles. The van der Waals surface area contributed by atoms with E-state index in [0.717, 1.165) is 19.4 Å². The number of methoxy groups -OCH3 is 1. The quantitative estimate of drug-likeness (QED) is 0.226. The Bertz CT molecular complexity index is 259. The first-order chi connectivity index (χ1) is 6.02. The van der Waals surface area contributed by atoms with Crippen LogP contribution in [0.5, 0.6) is 0 Å². The normalized spacial score (nSPS) is 13.2. The van der Waals surface area contributed by atoms with Crippen molar-refractivity contribution in [1.29, 1.82) is 5.41 Å². The molecule has 0 aliphatic rings. The smallest absolute Gasteiger partial charge is 0.339 e. The second kappa shape index (κ2) is 5.02. The van der Waals surface area contributed by atoms with Gasteiger partial charge in [0.05, 0.1) is 12.7 Å². The van der Waals surface area contributed by atoms with Crippen LogP contribution in [-0.4, -0.2) is 30.3 Å². The van der Waals surface area contributed by atoms with E-state index < -0.39 is 16.9 Å². The van der Waals surface area contributed by atoms with Gasteiger partial charge in [-0.25, -0.2) is 4.79 Å². The van der Waals surface area contributed by atoms with Crippen molar-refractivity contribution in [2.75, 3.05) is 7.11 Å². The molecule has 0 aliphatic carbocycles. The number of ether oxygens (including phenoxy) is 1. The van der Waals surface area contributed by atoms with Gasteiger partial charge in [0.15, 0.2) is 0 Å². The number of carbonyl (C=O) groups is 1. The summed E-state index contributed by atoms with van der Waals surface area (Å²) in [4.78, 5) is 20.5. The van der Waals surface area contributed by atoms with E-state index in [2.05, 4.69) is 4.74 Å². The molecule has 1 unspecified atom stereocenters. The SMILES string of the molecule is COC(=O)/C(C=N)=C/C(C)[N+](=O)[O-]. The van der Waals surface area contributed by atoms with E-state index >= 15 is 0 Å². The molecule has 0 spiro atoms. The van der Waals surface area contributed by atoms with Crippen molar-refractivity contribution in [3.8, 4) is 0 Å². The molecule has 0 saturated carbocycles. The third-order valence-corrected chi connectivity index (χ3v) is 1.33. The van der Waals surface area contributed by atoms with Crippen molar-refractivity contribution >= 4 is 12.2 Å². The van der Waals surface area contributed by atoms with Crippen LogP contribution in [0.25, 0.3) is 0 Å². The minimum absolute atomic E-state index is 0.119. The number of nitro groups is 1. The summed E-state index contributed by atoms with van der Waals surface area (Å²) in [5.41, 5.74) is -0.119. The van der Waals surface area contributed by atoms with Crippen molar-refractivity contribution in [3.05, 3.63) is 21.8 Å². The molecule has 72 valence electrons. The standard InChI is InChI=1S/C7H10N2O4/c1-5(9(11)12)3-6(4-8)7(10)13-2/h3-5,8H,1-2H3/b6-3+,8-4?. The van der Waals surface area contributed by atoms with E-state index in [-0.39, 0.29) is 5.57 Å². The van der Waals surface area contributed by atoms with Gasteiger partial charge >= 0.3 is 5.97 Å². The fraction of sp³-hybridized carbons (Fsp3) is 0.429. The highest BCUT2D eigenvalue weighted by atomic mass is 16.6. The van der Waals surface area contributed by atoms with Gasteiger partial charge in [-0.2, -0.15) is 0 Å². The van der Waals surface area contributed by atoms with Gasteiger partial charge in [-0.3, -0.25) is 10.1 Å². The highest BCUT2D eigenvalue weighted by Crippen LogP contribution is 1.99. The zero-order valence-electron chi connectivity index (χ0n) is 7.31. The fourth-order valence-corrected chi connectivity index (χ4v) is 0.614. The molecule has 1 atom stereocenters. The first-order valence-electron chi connectivity index (χ1n) is 3.47. The summed E-state index contributed by atoms with van der Waals surface area (Å²) < 4.78 is 4.30. The first-order valence-corrected chi connectivity index (χ1v) is 3.47. The average molecular weight is 186 g/mol. The molecule has 0 rings (SSSR count). The number of nitrogens with zero attached hydrogens (tertiary/aromatic N) is 1. The molecule has 13 heavy (non-hydrogen) atoms. The lowest BCUT2D eigenvalue weighted by Gasteiger charge is -2.00. The van der Waals surface area contributed by atoms with E-state index in [1.807, 2.05) is 0 Å². The van der Waals surface area contributed by atoms with Gasteiger partial charge in [0.2, 0.25) is 6.04 Å². The van der Waals surface area contributed by atoms with Crippen LogP contribution in [0.15, 0.2) is 11.6 Å². The second-order valence-corrected chi connectivity index (χ2v) is 2.28. The van der Waals surface area contributed by atoms with Crippen molar-refractivity contribution in [2.45, 2.75) is 13.0 Å². The third kappa shape index (κ3) is 3.46. The van der Waals surface area contributed by atoms with Gasteiger partial charge in [0, 0.05) is 24.1 Å². The molecule has 0 amide bonds. The lowest BCUT2D eigenvalue weighted by molar-refractivity contribution is -0.504. The molecule has 0 bridgehead atoms. The minimum Gasteiger partial charge on any atom is -0.465 e. The lowest BCUT2D eigenvalue weighted by Crippen LogP contribution is -2.15. The van der Waals surface area contributed by atoms with Gasteiger partial charge in [-0.15, -0.1) is 0 Å². The molecule has 6 nitrogen and oxygen atoms in total. The summed E-state index contributed by atoms with van der Waals surface area (Å²) >= 11 is 0. The number of rotatable bonds is 4. The molecule has 0 fully saturated rings. The van der Waals surface area contributed by atoms with E-state index in [0.29, 0.717) is 0 Å². The molecule has 0 radical (unpaired) electrons. The first kappa shape index (κ1) is 11.3. The number of esters is 1. The summed E-state index contributed by atoms with van der Waals surface area (Å²) in [7, 11) is 1.15. The molecule has 0 aromatic carbocycles. The van der Waals surface area contributed by atoms with Crippen LogP contribution in [0.4, 0.5) is 0 Å². The maximum Gasteiger partial charge on any atom is 0.339 e. The van der Waals surface area contributed by atoms with Gasteiger partial charge in [-0.05, 0) is 0 Å². The Balaban J connectivity index is 4.65. The number of hydrogen-bond donors (Lipinski definition) is 1. The second-order valence-electron chi connectivity index (χ2n) is 2.28. The predicted octanol–water partition coefficient (Wildman–Crippen LogP) is 0.401. The number of carbonyl (C=O) groups excluding carboxylic acids is 1. The Morgan fingerprint density at radius 1 is 1.69 bits per heavy atom. The van der Waals surface area contributed by atoms with Crippen molar-refractivity contribution in [2.24, 2.45) is 0 Å². The minimum atomic E-state index is -1.00. The van der Waals surface area contributed by atoms with E-state index in [9.17, 15) is 14.9 Å². The third-order valence-electron chi connectivity index (χ3n) is 1.33. The van der Waals surface area contributed by atoms with E-state index in [1.54, 1.807) is 0 Å². The molecule has 0 aromatic heterocycles. The molecule has 0 aromatic rings.